The Hall–Kier alpha value is -1.98. The molecule has 2 N–H and O–H groups in total. The molecule has 0 aliphatic heterocycles. The molecule has 0 saturated heterocycles. The van der Waals surface area contributed by atoms with E-state index in [1.807, 2.05) is 31.2 Å². The van der Waals surface area contributed by atoms with Gasteiger partial charge in [-0.15, -0.1) is 0 Å². The number of amides is 1. The third-order valence-electron chi connectivity index (χ3n) is 3.45. The van der Waals surface area contributed by atoms with E-state index in [1.165, 1.54) is 0 Å². The number of carbonyl (C=O) groups excluding carboxylic acids is 1. The van der Waals surface area contributed by atoms with Gasteiger partial charge >= 0.3 is 0 Å². The molecule has 1 heterocycles. The van der Waals surface area contributed by atoms with Crippen LogP contribution in [0.15, 0.2) is 36.7 Å². The molecule has 0 bridgehead atoms. The van der Waals surface area contributed by atoms with Gasteiger partial charge in [0.15, 0.2) is 0 Å². The van der Waals surface area contributed by atoms with Crippen LogP contribution in [-0.4, -0.2) is 41.9 Å². The molecule has 112 valence electrons. The van der Waals surface area contributed by atoms with Crippen molar-refractivity contribution in [3.8, 4) is 0 Å². The smallest absolute Gasteiger partial charge is 0.253 e. The summed E-state index contributed by atoms with van der Waals surface area (Å²) < 4.78 is 5.14. The molecule has 0 spiro atoms. The summed E-state index contributed by atoms with van der Waals surface area (Å²) in [6.07, 6.45) is 3.71. The van der Waals surface area contributed by atoms with Crippen molar-refractivity contribution < 1.29 is 14.6 Å². The number of aliphatic hydroxyl groups is 1. The summed E-state index contributed by atoms with van der Waals surface area (Å²) in [6, 6.07) is 7.61. The maximum absolute atomic E-state index is 12.5. The lowest BCUT2D eigenvalue weighted by Gasteiger charge is -2.29. The van der Waals surface area contributed by atoms with Crippen LogP contribution >= 0.6 is 0 Å². The number of hydrogen-bond acceptors (Lipinski definition) is 4. The fraction of sp³-hybridized carbons (Fsp3) is 0.375. The molecule has 0 aliphatic carbocycles. The molecule has 1 aromatic carbocycles. The summed E-state index contributed by atoms with van der Waals surface area (Å²) in [5.74, 6) is -0.215. The van der Waals surface area contributed by atoms with Crippen molar-refractivity contribution in [2.75, 3.05) is 20.3 Å². The van der Waals surface area contributed by atoms with Crippen LogP contribution in [0.4, 0.5) is 0 Å². The molecule has 2 aromatic rings. The monoisotopic (exact) mass is 288 g/mol. The molecule has 1 unspecified atom stereocenters. The predicted molar refractivity (Wildman–Crippen MR) is 81.2 cm³/mol. The highest BCUT2D eigenvalue weighted by atomic mass is 16.5. The van der Waals surface area contributed by atoms with E-state index in [0.717, 1.165) is 10.8 Å². The van der Waals surface area contributed by atoms with Gasteiger partial charge < -0.3 is 15.2 Å². The zero-order chi connectivity index (χ0) is 15.3. The normalized spacial score (nSPS) is 13.9. The Labute approximate surface area is 124 Å². The third-order valence-corrected chi connectivity index (χ3v) is 3.45. The molecule has 0 saturated carbocycles. The summed E-state index contributed by atoms with van der Waals surface area (Å²) in [5.41, 5.74) is -0.0919. The Morgan fingerprint density at radius 1 is 1.38 bits per heavy atom. The first kappa shape index (κ1) is 15.4. The Bertz CT molecular complexity index is 616. The van der Waals surface area contributed by atoms with Gasteiger partial charge in [0.25, 0.3) is 5.91 Å². The summed E-state index contributed by atoms with van der Waals surface area (Å²) >= 11 is 0. The van der Waals surface area contributed by atoms with E-state index in [9.17, 15) is 4.79 Å². The minimum Gasteiger partial charge on any atom is -0.396 e. The summed E-state index contributed by atoms with van der Waals surface area (Å²) in [6.45, 7) is 2.16. The van der Waals surface area contributed by atoms with Gasteiger partial charge in [0.2, 0.25) is 0 Å². The Morgan fingerprint density at radius 3 is 2.86 bits per heavy atom. The molecule has 5 heteroatoms. The van der Waals surface area contributed by atoms with Crippen LogP contribution in [-0.2, 0) is 4.74 Å². The number of nitrogens with one attached hydrogen (secondary N) is 1. The highest BCUT2D eigenvalue weighted by molar-refractivity contribution is 6.06. The van der Waals surface area contributed by atoms with Gasteiger partial charge in [0.1, 0.15) is 0 Å². The lowest BCUT2D eigenvalue weighted by Crippen LogP contribution is -2.50. The van der Waals surface area contributed by atoms with E-state index in [1.54, 1.807) is 19.5 Å². The molecule has 2 rings (SSSR count). The highest BCUT2D eigenvalue weighted by Crippen LogP contribution is 2.18. The minimum atomic E-state index is -0.614. The largest absolute Gasteiger partial charge is 0.396 e. The number of rotatable bonds is 6. The van der Waals surface area contributed by atoms with Gasteiger partial charge in [-0.25, -0.2) is 0 Å². The lowest BCUT2D eigenvalue weighted by atomic mass is 9.98. The van der Waals surface area contributed by atoms with Crippen LogP contribution in [0.2, 0.25) is 0 Å². The quantitative estimate of drug-likeness (QED) is 0.849. The van der Waals surface area contributed by atoms with Gasteiger partial charge in [-0.2, -0.15) is 0 Å². The van der Waals surface area contributed by atoms with Crippen molar-refractivity contribution in [2.45, 2.75) is 18.9 Å². The van der Waals surface area contributed by atoms with Gasteiger partial charge in [0.05, 0.1) is 17.7 Å². The number of fused-ring (bicyclic) bond motifs is 1. The van der Waals surface area contributed by atoms with Crippen molar-refractivity contribution in [3.05, 3.63) is 42.2 Å². The number of methoxy groups -OCH3 is 1. The second-order valence-corrected chi connectivity index (χ2v) is 5.33. The van der Waals surface area contributed by atoms with Crippen molar-refractivity contribution >= 4 is 16.7 Å². The second-order valence-electron chi connectivity index (χ2n) is 5.33. The van der Waals surface area contributed by atoms with Gasteiger partial charge in [-0.1, -0.05) is 24.3 Å². The number of carbonyl (C=O) groups is 1. The SMILES string of the molecule is COCC(C)(CCO)NC(=O)c1cncc2ccccc12. The molecule has 0 fully saturated rings. The third kappa shape index (κ3) is 3.56. The van der Waals surface area contributed by atoms with Crippen molar-refractivity contribution in [1.82, 2.24) is 10.3 Å². The first-order valence-electron chi connectivity index (χ1n) is 6.85. The van der Waals surface area contributed by atoms with E-state index in [-0.39, 0.29) is 12.5 Å². The Balaban J connectivity index is 2.29. The standard InChI is InChI=1S/C16H20N2O3/c1-16(7-8-19,11-21-2)18-15(20)14-10-17-9-12-5-3-4-6-13(12)14/h3-6,9-10,19H,7-8,11H2,1-2H3,(H,18,20). The average molecular weight is 288 g/mol. The number of aromatic nitrogens is 1. The van der Waals surface area contributed by atoms with Crippen LogP contribution in [0, 0.1) is 0 Å². The fourth-order valence-corrected chi connectivity index (χ4v) is 2.37. The van der Waals surface area contributed by atoms with Crippen LogP contribution in [0.5, 0.6) is 0 Å². The maximum atomic E-state index is 12.5. The van der Waals surface area contributed by atoms with Crippen molar-refractivity contribution in [1.29, 1.82) is 0 Å². The first-order chi connectivity index (χ1) is 10.1. The maximum Gasteiger partial charge on any atom is 0.253 e. The van der Waals surface area contributed by atoms with Crippen LogP contribution in [0.25, 0.3) is 10.8 Å². The number of aliphatic hydroxyl groups excluding tert-OH is 1. The highest BCUT2D eigenvalue weighted by Gasteiger charge is 2.27. The molecule has 1 aromatic heterocycles. The summed E-state index contributed by atoms with van der Waals surface area (Å²) in [7, 11) is 1.57. The number of nitrogens with zero attached hydrogens (tertiary/aromatic N) is 1. The Morgan fingerprint density at radius 2 is 2.14 bits per heavy atom. The van der Waals surface area contributed by atoms with E-state index < -0.39 is 5.54 Å². The van der Waals surface area contributed by atoms with Gasteiger partial charge in [-0.3, -0.25) is 9.78 Å². The van der Waals surface area contributed by atoms with E-state index >= 15 is 0 Å². The fourth-order valence-electron chi connectivity index (χ4n) is 2.37. The molecule has 1 atom stereocenters. The first-order valence-corrected chi connectivity index (χ1v) is 6.85. The number of ether oxygens (including phenoxy) is 1. The molecular formula is C16H20N2O3. The predicted octanol–water partition coefficient (Wildman–Crippen LogP) is 1.75. The summed E-state index contributed by atoms with van der Waals surface area (Å²) in [4.78, 5) is 16.7. The lowest BCUT2D eigenvalue weighted by molar-refractivity contribution is 0.0727. The molecule has 5 nitrogen and oxygen atoms in total. The van der Waals surface area contributed by atoms with Crippen LogP contribution in [0.1, 0.15) is 23.7 Å². The zero-order valence-electron chi connectivity index (χ0n) is 12.3. The molecule has 0 radical (unpaired) electrons. The molecule has 21 heavy (non-hydrogen) atoms. The van der Waals surface area contributed by atoms with Crippen LogP contribution < -0.4 is 5.32 Å². The van der Waals surface area contributed by atoms with Crippen LogP contribution in [0.3, 0.4) is 0 Å². The summed E-state index contributed by atoms with van der Waals surface area (Å²) in [5, 5.41) is 13.9. The van der Waals surface area contributed by atoms with E-state index in [4.69, 9.17) is 9.84 Å². The van der Waals surface area contributed by atoms with E-state index in [0.29, 0.717) is 18.6 Å². The second kappa shape index (κ2) is 6.65. The molecular weight excluding hydrogens is 268 g/mol. The van der Waals surface area contributed by atoms with Crippen molar-refractivity contribution in [2.24, 2.45) is 0 Å². The van der Waals surface area contributed by atoms with E-state index in [2.05, 4.69) is 10.3 Å². The zero-order valence-corrected chi connectivity index (χ0v) is 12.3. The van der Waals surface area contributed by atoms with Gasteiger partial charge in [-0.05, 0) is 18.7 Å². The number of hydrogen-bond donors (Lipinski definition) is 2. The topological polar surface area (TPSA) is 71.5 Å². The van der Waals surface area contributed by atoms with Crippen molar-refractivity contribution in [3.63, 3.8) is 0 Å². The number of pyridine rings is 1. The molecule has 0 aliphatic rings. The molecule has 1 amide bonds. The van der Waals surface area contributed by atoms with Gasteiger partial charge in [0, 0.05) is 31.5 Å². The minimum absolute atomic E-state index is 0.0199. The average Bonchev–Trinajstić information content (AvgIpc) is 2.46. The number of benzene rings is 1. The Kier molecular flexibility index (Phi) is 4.88.